The minimum Gasteiger partial charge on any atom is -0.361 e. The summed E-state index contributed by atoms with van der Waals surface area (Å²) in [6.45, 7) is 2.57. The van der Waals surface area contributed by atoms with Crippen molar-refractivity contribution in [2.24, 2.45) is 5.73 Å². The molecular formula is C24H30N4O2. The largest absolute Gasteiger partial charge is 0.361 e. The molecule has 0 fully saturated rings. The Morgan fingerprint density at radius 2 is 1.83 bits per heavy atom. The number of H-pyrrole nitrogens is 1. The van der Waals surface area contributed by atoms with Crippen molar-refractivity contribution >= 4 is 28.4 Å². The van der Waals surface area contributed by atoms with Gasteiger partial charge in [-0.2, -0.15) is 0 Å². The van der Waals surface area contributed by atoms with E-state index in [2.05, 4.69) is 15.6 Å². The van der Waals surface area contributed by atoms with E-state index in [0.29, 0.717) is 25.8 Å². The van der Waals surface area contributed by atoms with Gasteiger partial charge in [0.2, 0.25) is 11.8 Å². The van der Waals surface area contributed by atoms with E-state index in [-0.39, 0.29) is 11.8 Å². The fraction of sp³-hybridized carbons (Fsp3) is 0.333. The van der Waals surface area contributed by atoms with Crippen molar-refractivity contribution in [3.8, 4) is 0 Å². The molecule has 2 amide bonds. The van der Waals surface area contributed by atoms with Crippen LogP contribution in [0.25, 0.3) is 10.9 Å². The summed E-state index contributed by atoms with van der Waals surface area (Å²) in [5, 5.41) is 6.95. The number of nitrogens with two attached hydrogens (primary N) is 1. The lowest BCUT2D eigenvalue weighted by molar-refractivity contribution is -0.126. The van der Waals surface area contributed by atoms with Crippen LogP contribution in [0.5, 0.6) is 0 Å². The Morgan fingerprint density at radius 3 is 2.60 bits per heavy atom. The lowest BCUT2D eigenvalue weighted by atomic mass is 10.1. The number of para-hydroxylation sites is 1. The van der Waals surface area contributed by atoms with Crippen LogP contribution in [0.3, 0.4) is 0 Å². The molecule has 1 aromatic heterocycles. The molecule has 0 saturated carbocycles. The molecule has 0 radical (unpaired) electrons. The smallest absolute Gasteiger partial charge is 0.246 e. The zero-order valence-corrected chi connectivity index (χ0v) is 17.4. The maximum Gasteiger partial charge on any atom is 0.246 e. The number of aryl methyl sites for hydroxylation is 2. The van der Waals surface area contributed by atoms with Crippen LogP contribution >= 0.6 is 0 Å². The minimum atomic E-state index is -0.576. The fourth-order valence-electron chi connectivity index (χ4n) is 3.48. The van der Waals surface area contributed by atoms with Crippen molar-refractivity contribution in [1.82, 2.24) is 10.3 Å². The van der Waals surface area contributed by atoms with E-state index < -0.39 is 6.04 Å². The van der Waals surface area contributed by atoms with E-state index in [1.807, 2.05) is 61.7 Å². The van der Waals surface area contributed by atoms with E-state index in [1.54, 1.807) is 0 Å². The molecule has 158 valence electrons. The first-order chi connectivity index (χ1) is 14.6. The van der Waals surface area contributed by atoms with Gasteiger partial charge < -0.3 is 21.4 Å². The molecule has 0 saturated heterocycles. The number of unbranched alkanes of at least 4 members (excludes halogenated alkanes) is 1. The van der Waals surface area contributed by atoms with Crippen molar-refractivity contribution in [2.75, 3.05) is 11.9 Å². The van der Waals surface area contributed by atoms with E-state index >= 15 is 0 Å². The lowest BCUT2D eigenvalue weighted by Crippen LogP contribution is -2.44. The molecule has 6 nitrogen and oxygen atoms in total. The van der Waals surface area contributed by atoms with E-state index in [4.69, 9.17) is 5.73 Å². The van der Waals surface area contributed by atoms with Gasteiger partial charge in [-0.05, 0) is 62.9 Å². The first-order valence-electron chi connectivity index (χ1n) is 10.5. The SMILES string of the molecule is Cc1ccc(NC(=O)[C@H](CCCCN)NC(=O)CCc2c[nH]c3ccccc23)cc1. The Morgan fingerprint density at radius 1 is 1.07 bits per heavy atom. The van der Waals surface area contributed by atoms with Gasteiger partial charge in [-0.15, -0.1) is 0 Å². The van der Waals surface area contributed by atoms with Crippen LogP contribution in [-0.2, 0) is 16.0 Å². The molecular weight excluding hydrogens is 376 g/mol. The van der Waals surface area contributed by atoms with Gasteiger partial charge in [0.15, 0.2) is 0 Å². The summed E-state index contributed by atoms with van der Waals surface area (Å²) in [7, 11) is 0. The lowest BCUT2D eigenvalue weighted by Gasteiger charge is -2.18. The quantitative estimate of drug-likeness (QED) is 0.387. The molecule has 0 aliphatic carbocycles. The summed E-state index contributed by atoms with van der Waals surface area (Å²) in [5.74, 6) is -0.326. The van der Waals surface area contributed by atoms with Gasteiger partial charge >= 0.3 is 0 Å². The monoisotopic (exact) mass is 406 g/mol. The predicted molar refractivity (Wildman–Crippen MR) is 121 cm³/mol. The van der Waals surface area contributed by atoms with Crippen molar-refractivity contribution in [2.45, 2.75) is 45.1 Å². The first kappa shape index (κ1) is 21.6. The summed E-state index contributed by atoms with van der Waals surface area (Å²) in [6.07, 6.45) is 5.05. The summed E-state index contributed by atoms with van der Waals surface area (Å²) in [4.78, 5) is 28.6. The van der Waals surface area contributed by atoms with Gasteiger partial charge in [-0.1, -0.05) is 35.9 Å². The molecule has 0 unspecified atom stereocenters. The highest BCUT2D eigenvalue weighted by Crippen LogP contribution is 2.19. The zero-order valence-electron chi connectivity index (χ0n) is 17.4. The maximum atomic E-state index is 12.8. The molecule has 0 bridgehead atoms. The third kappa shape index (κ3) is 5.94. The van der Waals surface area contributed by atoms with Gasteiger partial charge in [0.1, 0.15) is 6.04 Å². The predicted octanol–water partition coefficient (Wildman–Crippen LogP) is 3.66. The number of fused-ring (bicyclic) bond motifs is 1. The molecule has 3 rings (SSSR count). The topological polar surface area (TPSA) is 100 Å². The average Bonchev–Trinajstić information content (AvgIpc) is 3.16. The fourth-order valence-corrected chi connectivity index (χ4v) is 3.48. The molecule has 5 N–H and O–H groups in total. The van der Waals surface area contributed by atoms with Gasteiger partial charge in [0, 0.05) is 29.2 Å². The number of hydrogen-bond donors (Lipinski definition) is 4. The first-order valence-corrected chi connectivity index (χ1v) is 10.5. The van der Waals surface area contributed by atoms with Crippen LogP contribution in [0, 0.1) is 6.92 Å². The van der Waals surface area contributed by atoms with Crippen LogP contribution in [0.1, 0.15) is 36.8 Å². The second-order valence-corrected chi connectivity index (χ2v) is 7.62. The Hall–Kier alpha value is -3.12. The molecule has 0 spiro atoms. The van der Waals surface area contributed by atoms with Crippen molar-refractivity contribution in [3.05, 3.63) is 65.9 Å². The van der Waals surface area contributed by atoms with Gasteiger partial charge in [0.25, 0.3) is 0 Å². The van der Waals surface area contributed by atoms with Crippen LogP contribution in [-0.4, -0.2) is 29.4 Å². The van der Waals surface area contributed by atoms with E-state index in [1.165, 1.54) is 0 Å². The van der Waals surface area contributed by atoms with Crippen LogP contribution < -0.4 is 16.4 Å². The average molecular weight is 407 g/mol. The van der Waals surface area contributed by atoms with Gasteiger partial charge in [-0.3, -0.25) is 9.59 Å². The highest BCUT2D eigenvalue weighted by Gasteiger charge is 2.20. The normalized spacial score (nSPS) is 11.9. The highest BCUT2D eigenvalue weighted by atomic mass is 16.2. The summed E-state index contributed by atoms with van der Waals surface area (Å²) < 4.78 is 0. The third-order valence-corrected chi connectivity index (χ3v) is 5.21. The zero-order chi connectivity index (χ0) is 21.3. The van der Waals surface area contributed by atoms with Crippen LogP contribution in [0.15, 0.2) is 54.7 Å². The van der Waals surface area contributed by atoms with Crippen LogP contribution in [0.2, 0.25) is 0 Å². The number of carbonyl (C=O) groups is 2. The molecule has 1 heterocycles. The van der Waals surface area contributed by atoms with Crippen molar-refractivity contribution < 1.29 is 9.59 Å². The summed E-state index contributed by atoms with van der Waals surface area (Å²) in [5.41, 5.74) is 9.60. The molecule has 3 aromatic rings. The molecule has 30 heavy (non-hydrogen) atoms. The van der Waals surface area contributed by atoms with E-state index in [9.17, 15) is 9.59 Å². The Bertz CT molecular complexity index is 978. The molecule has 0 aliphatic rings. The summed E-state index contributed by atoms with van der Waals surface area (Å²) in [6, 6.07) is 15.1. The second kappa shape index (κ2) is 10.6. The van der Waals surface area contributed by atoms with Gasteiger partial charge in [-0.25, -0.2) is 0 Å². The number of anilines is 1. The molecule has 1 atom stereocenters. The Kier molecular flexibility index (Phi) is 7.63. The highest BCUT2D eigenvalue weighted by molar-refractivity contribution is 5.97. The van der Waals surface area contributed by atoms with Crippen molar-refractivity contribution in [1.29, 1.82) is 0 Å². The number of aromatic amines is 1. The number of carbonyl (C=O) groups excluding carboxylic acids is 2. The number of hydrogen-bond acceptors (Lipinski definition) is 3. The second-order valence-electron chi connectivity index (χ2n) is 7.62. The Balaban J connectivity index is 1.59. The number of aromatic nitrogens is 1. The number of rotatable bonds is 10. The molecule has 6 heteroatoms. The number of nitrogens with one attached hydrogen (secondary N) is 3. The molecule has 0 aliphatic heterocycles. The Labute approximate surface area is 177 Å². The number of benzene rings is 2. The maximum absolute atomic E-state index is 12.8. The van der Waals surface area contributed by atoms with Crippen molar-refractivity contribution in [3.63, 3.8) is 0 Å². The third-order valence-electron chi connectivity index (χ3n) is 5.21. The van der Waals surface area contributed by atoms with Gasteiger partial charge in [0.05, 0.1) is 0 Å². The molecule has 2 aromatic carbocycles. The summed E-state index contributed by atoms with van der Waals surface area (Å²) >= 11 is 0. The minimum absolute atomic E-state index is 0.128. The van der Waals surface area contributed by atoms with Crippen LogP contribution in [0.4, 0.5) is 5.69 Å². The van der Waals surface area contributed by atoms with E-state index in [0.717, 1.165) is 40.6 Å². The standard InChI is InChI=1S/C24H30N4O2/c1-17-9-12-19(13-10-17)27-24(30)22(8-4-5-15-25)28-23(29)14-11-18-16-26-21-7-3-2-6-20(18)21/h2-3,6-7,9-10,12-13,16,22,26H,4-5,8,11,14-15,25H2,1H3,(H,27,30)(H,28,29)/t22-/m0/s1. The number of amides is 2.